The number of hydrogen-bond acceptors (Lipinski definition) is 3. The predicted molar refractivity (Wildman–Crippen MR) is 97.8 cm³/mol. The average Bonchev–Trinajstić information content (AvgIpc) is 2.61. The van der Waals surface area contributed by atoms with E-state index in [0.29, 0.717) is 34.8 Å². The number of hydrogen-bond donors (Lipinski definition) is 1. The lowest BCUT2D eigenvalue weighted by molar-refractivity contribution is -0.111. The number of rotatable bonds is 7. The van der Waals surface area contributed by atoms with E-state index in [2.05, 4.69) is 5.32 Å². The summed E-state index contributed by atoms with van der Waals surface area (Å²) in [6.45, 7) is 2.47. The third-order valence-corrected chi connectivity index (χ3v) is 3.60. The fourth-order valence-electron chi connectivity index (χ4n) is 2.12. The van der Waals surface area contributed by atoms with Crippen LogP contribution in [0.4, 0.5) is 14.5 Å². The maximum absolute atomic E-state index is 13.5. The third-order valence-electron chi connectivity index (χ3n) is 3.32. The number of carbonyl (C=O) groups is 1. The number of nitrogens with one attached hydrogen (secondary N) is 1. The molecule has 0 saturated carbocycles. The molecular weight excluding hydrogens is 364 g/mol. The smallest absolute Gasteiger partial charge is 0.248 e. The summed E-state index contributed by atoms with van der Waals surface area (Å²) < 4.78 is 37.2. The van der Waals surface area contributed by atoms with Gasteiger partial charge in [0, 0.05) is 12.1 Å². The topological polar surface area (TPSA) is 47.6 Å². The molecule has 0 heterocycles. The number of ether oxygens (including phenoxy) is 2. The van der Waals surface area contributed by atoms with E-state index in [1.807, 2.05) is 6.92 Å². The minimum atomic E-state index is -0.853. The van der Waals surface area contributed by atoms with Gasteiger partial charge in [0.15, 0.2) is 11.5 Å². The van der Waals surface area contributed by atoms with Crippen molar-refractivity contribution in [2.45, 2.75) is 13.3 Å². The number of halogens is 3. The standard InChI is InChI=1S/C19H18ClF2NO3/c1-3-8-26-19-14(20)9-12(10-17(19)25-2)4-7-18(24)23-16-6-5-13(21)11-15(16)22/h4-7,9-11H,3,8H2,1-2H3,(H,23,24). The van der Waals surface area contributed by atoms with E-state index in [0.717, 1.165) is 18.6 Å². The molecule has 0 saturated heterocycles. The summed E-state index contributed by atoms with van der Waals surface area (Å²) in [5.41, 5.74) is 0.491. The monoisotopic (exact) mass is 381 g/mol. The molecule has 7 heteroatoms. The summed E-state index contributed by atoms with van der Waals surface area (Å²) in [4.78, 5) is 11.9. The SMILES string of the molecule is CCCOc1c(Cl)cc(C=CC(=O)Nc2ccc(F)cc2F)cc1OC. The Labute approximate surface area is 155 Å². The molecule has 0 fully saturated rings. The van der Waals surface area contributed by atoms with Crippen LogP contribution in [0.3, 0.4) is 0 Å². The second-order valence-corrected chi connectivity index (χ2v) is 5.74. The van der Waals surface area contributed by atoms with Crippen molar-refractivity contribution in [3.05, 3.63) is 58.6 Å². The highest BCUT2D eigenvalue weighted by molar-refractivity contribution is 6.32. The van der Waals surface area contributed by atoms with E-state index < -0.39 is 17.5 Å². The molecule has 0 aliphatic carbocycles. The van der Waals surface area contributed by atoms with E-state index in [4.69, 9.17) is 21.1 Å². The van der Waals surface area contributed by atoms with Gasteiger partial charge in [-0.05, 0) is 42.3 Å². The van der Waals surface area contributed by atoms with Crippen molar-refractivity contribution < 1.29 is 23.0 Å². The lowest BCUT2D eigenvalue weighted by Gasteiger charge is -2.12. The van der Waals surface area contributed by atoms with Crippen LogP contribution in [-0.2, 0) is 4.79 Å². The Hall–Kier alpha value is -2.60. The van der Waals surface area contributed by atoms with E-state index in [1.165, 1.54) is 19.3 Å². The Kier molecular flexibility index (Phi) is 6.97. The Morgan fingerprint density at radius 3 is 2.69 bits per heavy atom. The molecule has 0 radical (unpaired) electrons. The number of amides is 1. The molecule has 0 aliphatic heterocycles. The van der Waals surface area contributed by atoms with Gasteiger partial charge in [0.05, 0.1) is 24.4 Å². The normalized spacial score (nSPS) is 10.8. The zero-order valence-electron chi connectivity index (χ0n) is 14.3. The molecule has 2 rings (SSSR count). The van der Waals surface area contributed by atoms with E-state index in [1.54, 1.807) is 12.1 Å². The van der Waals surface area contributed by atoms with Crippen LogP contribution < -0.4 is 14.8 Å². The summed E-state index contributed by atoms with van der Waals surface area (Å²) in [6.07, 6.45) is 3.52. The van der Waals surface area contributed by atoms with Gasteiger partial charge in [-0.25, -0.2) is 8.78 Å². The molecule has 26 heavy (non-hydrogen) atoms. The van der Waals surface area contributed by atoms with E-state index in [9.17, 15) is 13.6 Å². The molecule has 0 atom stereocenters. The largest absolute Gasteiger partial charge is 0.493 e. The molecule has 0 aromatic heterocycles. The lowest BCUT2D eigenvalue weighted by Crippen LogP contribution is -2.09. The molecule has 1 amide bonds. The molecule has 0 unspecified atom stereocenters. The van der Waals surface area contributed by atoms with Crippen LogP contribution in [-0.4, -0.2) is 19.6 Å². The van der Waals surface area contributed by atoms with Crippen LogP contribution in [0.25, 0.3) is 6.08 Å². The van der Waals surface area contributed by atoms with Crippen LogP contribution in [0.2, 0.25) is 5.02 Å². The first-order valence-corrected chi connectivity index (χ1v) is 8.26. The molecule has 0 bridgehead atoms. The van der Waals surface area contributed by atoms with E-state index in [-0.39, 0.29) is 5.69 Å². The molecule has 1 N–H and O–H groups in total. The van der Waals surface area contributed by atoms with Crippen LogP contribution in [0.5, 0.6) is 11.5 Å². The Morgan fingerprint density at radius 1 is 1.27 bits per heavy atom. The zero-order chi connectivity index (χ0) is 19.1. The van der Waals surface area contributed by atoms with Crippen molar-refractivity contribution in [1.82, 2.24) is 0 Å². The van der Waals surface area contributed by atoms with Gasteiger partial charge in [0.25, 0.3) is 0 Å². The first-order valence-electron chi connectivity index (χ1n) is 7.89. The average molecular weight is 382 g/mol. The quantitative estimate of drug-likeness (QED) is 0.681. The van der Waals surface area contributed by atoms with Gasteiger partial charge in [0.1, 0.15) is 11.6 Å². The van der Waals surface area contributed by atoms with Crippen LogP contribution in [0, 0.1) is 11.6 Å². The second-order valence-electron chi connectivity index (χ2n) is 5.33. The Balaban J connectivity index is 2.13. The highest BCUT2D eigenvalue weighted by Gasteiger charge is 2.11. The van der Waals surface area contributed by atoms with Gasteiger partial charge in [-0.3, -0.25) is 4.79 Å². The van der Waals surface area contributed by atoms with Crippen LogP contribution in [0.1, 0.15) is 18.9 Å². The summed E-state index contributed by atoms with van der Waals surface area (Å²) in [6, 6.07) is 6.19. The predicted octanol–water partition coefficient (Wildman–Crippen LogP) is 5.07. The summed E-state index contributed by atoms with van der Waals surface area (Å²) in [5.74, 6) is -1.27. The van der Waals surface area contributed by atoms with Gasteiger partial charge in [0.2, 0.25) is 5.91 Å². The number of carbonyl (C=O) groups excluding carboxylic acids is 1. The number of anilines is 1. The first-order chi connectivity index (χ1) is 12.4. The van der Waals surface area contributed by atoms with Crippen molar-refractivity contribution in [3.63, 3.8) is 0 Å². The molecule has 2 aromatic rings. The van der Waals surface area contributed by atoms with Gasteiger partial charge in [-0.15, -0.1) is 0 Å². The van der Waals surface area contributed by atoms with Crippen molar-refractivity contribution in [1.29, 1.82) is 0 Å². The van der Waals surface area contributed by atoms with E-state index >= 15 is 0 Å². The summed E-state index contributed by atoms with van der Waals surface area (Å²) >= 11 is 6.21. The van der Waals surface area contributed by atoms with Crippen molar-refractivity contribution in [2.24, 2.45) is 0 Å². The minimum Gasteiger partial charge on any atom is -0.493 e. The molecule has 138 valence electrons. The van der Waals surface area contributed by atoms with Gasteiger partial charge in [-0.1, -0.05) is 18.5 Å². The Morgan fingerprint density at radius 2 is 2.04 bits per heavy atom. The summed E-state index contributed by atoms with van der Waals surface area (Å²) in [5, 5.41) is 2.68. The highest BCUT2D eigenvalue weighted by Crippen LogP contribution is 2.36. The number of benzene rings is 2. The second kappa shape index (κ2) is 9.20. The minimum absolute atomic E-state index is 0.111. The summed E-state index contributed by atoms with van der Waals surface area (Å²) in [7, 11) is 1.49. The van der Waals surface area contributed by atoms with Crippen molar-refractivity contribution in [2.75, 3.05) is 19.0 Å². The van der Waals surface area contributed by atoms with Crippen molar-refractivity contribution >= 4 is 29.3 Å². The molecular formula is C19H18ClF2NO3. The first kappa shape index (κ1) is 19.7. The maximum Gasteiger partial charge on any atom is 0.248 e. The van der Waals surface area contributed by atoms with Crippen LogP contribution >= 0.6 is 11.6 Å². The number of methoxy groups -OCH3 is 1. The van der Waals surface area contributed by atoms with Gasteiger partial charge < -0.3 is 14.8 Å². The van der Waals surface area contributed by atoms with Crippen molar-refractivity contribution in [3.8, 4) is 11.5 Å². The van der Waals surface area contributed by atoms with Gasteiger partial charge >= 0.3 is 0 Å². The zero-order valence-corrected chi connectivity index (χ0v) is 15.1. The highest BCUT2D eigenvalue weighted by atomic mass is 35.5. The molecule has 0 aliphatic rings. The lowest BCUT2D eigenvalue weighted by atomic mass is 10.2. The molecule has 2 aromatic carbocycles. The molecule has 4 nitrogen and oxygen atoms in total. The maximum atomic E-state index is 13.5. The van der Waals surface area contributed by atoms with Crippen LogP contribution in [0.15, 0.2) is 36.4 Å². The fraction of sp³-hybridized carbons (Fsp3) is 0.211. The molecule has 0 spiro atoms. The Bertz CT molecular complexity index is 825. The fourth-order valence-corrected chi connectivity index (χ4v) is 2.39. The van der Waals surface area contributed by atoms with Gasteiger partial charge in [-0.2, -0.15) is 0 Å². The third kappa shape index (κ3) is 5.20.